The zero-order valence-electron chi connectivity index (χ0n) is 8.69. The lowest BCUT2D eigenvalue weighted by Crippen LogP contribution is -2.34. The van der Waals surface area contributed by atoms with Crippen LogP contribution in [0.15, 0.2) is 18.5 Å². The number of rotatable bonds is 2. The second kappa shape index (κ2) is 7.96. The van der Waals surface area contributed by atoms with Gasteiger partial charge in [-0.15, -0.1) is 24.8 Å². The van der Waals surface area contributed by atoms with Gasteiger partial charge in [-0.05, 0) is 25.9 Å². The van der Waals surface area contributed by atoms with E-state index in [1.165, 1.54) is 0 Å². The van der Waals surface area contributed by atoms with E-state index in [0.29, 0.717) is 11.1 Å². The van der Waals surface area contributed by atoms with Crippen LogP contribution in [0, 0.1) is 0 Å². The number of piperidine rings is 1. The molecule has 0 atom stereocenters. The summed E-state index contributed by atoms with van der Waals surface area (Å²) in [5.74, 6) is 0.768. The maximum absolute atomic E-state index is 5.81. The molecule has 0 radical (unpaired) electrons. The van der Waals surface area contributed by atoms with E-state index in [2.05, 4.69) is 10.3 Å². The zero-order chi connectivity index (χ0) is 9.80. The van der Waals surface area contributed by atoms with Crippen LogP contribution in [0.2, 0.25) is 5.02 Å². The molecule has 0 aromatic carbocycles. The normalized spacial score (nSPS) is 15.8. The van der Waals surface area contributed by atoms with Crippen molar-refractivity contribution in [2.24, 2.45) is 0 Å². The molecule has 1 aliphatic heterocycles. The molecule has 6 heteroatoms. The van der Waals surface area contributed by atoms with E-state index in [4.69, 9.17) is 16.3 Å². The van der Waals surface area contributed by atoms with Gasteiger partial charge in [-0.25, -0.2) is 0 Å². The quantitative estimate of drug-likeness (QED) is 0.907. The molecule has 2 rings (SSSR count). The molecule has 0 unspecified atom stereocenters. The maximum Gasteiger partial charge on any atom is 0.139 e. The van der Waals surface area contributed by atoms with Crippen LogP contribution < -0.4 is 10.1 Å². The highest BCUT2D eigenvalue weighted by molar-refractivity contribution is 6.30. The van der Waals surface area contributed by atoms with E-state index in [1.807, 2.05) is 0 Å². The Hall–Kier alpha value is -0.220. The Morgan fingerprint density at radius 3 is 2.56 bits per heavy atom. The van der Waals surface area contributed by atoms with Crippen molar-refractivity contribution in [2.45, 2.75) is 18.9 Å². The molecule has 1 aromatic rings. The molecule has 1 saturated heterocycles. The Kier molecular flexibility index (Phi) is 7.85. The average Bonchev–Trinajstić information content (AvgIpc) is 2.19. The van der Waals surface area contributed by atoms with E-state index in [9.17, 15) is 0 Å². The first kappa shape index (κ1) is 15.8. The second-order valence-electron chi connectivity index (χ2n) is 3.41. The highest BCUT2D eigenvalue weighted by Crippen LogP contribution is 2.18. The molecule has 1 fully saturated rings. The molecule has 3 nitrogen and oxygen atoms in total. The Bertz CT molecular complexity index is 306. The first-order valence-electron chi connectivity index (χ1n) is 4.82. The lowest BCUT2D eigenvalue weighted by molar-refractivity contribution is 0.162. The number of nitrogens with one attached hydrogen (secondary N) is 1. The molecule has 2 heterocycles. The summed E-state index contributed by atoms with van der Waals surface area (Å²) in [6.07, 6.45) is 5.71. The van der Waals surface area contributed by atoms with Crippen molar-refractivity contribution in [3.8, 4) is 5.75 Å². The molecule has 0 spiro atoms. The molecule has 92 valence electrons. The predicted molar refractivity (Wildman–Crippen MR) is 70.3 cm³/mol. The van der Waals surface area contributed by atoms with Gasteiger partial charge >= 0.3 is 0 Å². The zero-order valence-corrected chi connectivity index (χ0v) is 11.1. The summed E-state index contributed by atoms with van der Waals surface area (Å²) in [6, 6.07) is 1.80. The monoisotopic (exact) mass is 284 g/mol. The van der Waals surface area contributed by atoms with Crippen molar-refractivity contribution >= 4 is 36.4 Å². The minimum atomic E-state index is 0. The Morgan fingerprint density at radius 2 is 1.94 bits per heavy atom. The Labute approximate surface area is 113 Å². The number of hydrogen-bond donors (Lipinski definition) is 1. The fourth-order valence-corrected chi connectivity index (χ4v) is 1.73. The van der Waals surface area contributed by atoms with E-state index in [0.717, 1.165) is 31.7 Å². The van der Waals surface area contributed by atoms with Gasteiger partial charge in [0, 0.05) is 12.3 Å². The summed E-state index contributed by atoms with van der Waals surface area (Å²) in [4.78, 5) is 3.98. The largest absolute Gasteiger partial charge is 0.489 e. The summed E-state index contributed by atoms with van der Waals surface area (Å²) in [5.41, 5.74) is 0. The van der Waals surface area contributed by atoms with Gasteiger partial charge in [0.1, 0.15) is 11.9 Å². The average molecular weight is 286 g/mol. The van der Waals surface area contributed by atoms with Crippen LogP contribution in [0.4, 0.5) is 0 Å². The van der Waals surface area contributed by atoms with Gasteiger partial charge in [0.05, 0.1) is 11.2 Å². The van der Waals surface area contributed by atoms with Crippen LogP contribution in [-0.4, -0.2) is 24.2 Å². The van der Waals surface area contributed by atoms with E-state index >= 15 is 0 Å². The molecule has 1 aliphatic rings. The summed E-state index contributed by atoms with van der Waals surface area (Å²) < 4.78 is 5.75. The van der Waals surface area contributed by atoms with Gasteiger partial charge in [-0.3, -0.25) is 4.98 Å². The Balaban J connectivity index is 0.00000112. The van der Waals surface area contributed by atoms with Crippen LogP contribution in [0.25, 0.3) is 0 Å². The highest BCUT2D eigenvalue weighted by atomic mass is 35.5. The summed E-state index contributed by atoms with van der Waals surface area (Å²) in [6.45, 7) is 2.05. The minimum Gasteiger partial charge on any atom is -0.489 e. The first-order chi connectivity index (χ1) is 6.84. The smallest absolute Gasteiger partial charge is 0.139 e. The minimum absolute atomic E-state index is 0. The lowest BCUT2D eigenvalue weighted by Gasteiger charge is -2.23. The second-order valence-corrected chi connectivity index (χ2v) is 3.84. The van der Waals surface area contributed by atoms with Gasteiger partial charge in [0.2, 0.25) is 0 Å². The number of hydrogen-bond acceptors (Lipinski definition) is 3. The van der Waals surface area contributed by atoms with Gasteiger partial charge in [-0.2, -0.15) is 0 Å². The van der Waals surface area contributed by atoms with E-state index in [-0.39, 0.29) is 24.8 Å². The SMILES string of the molecule is Cl.Cl.Clc1cncc(OC2CCNCC2)c1. The van der Waals surface area contributed by atoms with Gasteiger partial charge < -0.3 is 10.1 Å². The van der Waals surface area contributed by atoms with Crippen molar-refractivity contribution in [2.75, 3.05) is 13.1 Å². The van der Waals surface area contributed by atoms with Gasteiger partial charge in [0.25, 0.3) is 0 Å². The summed E-state index contributed by atoms with van der Waals surface area (Å²) >= 11 is 5.81. The molecule has 0 saturated carbocycles. The van der Waals surface area contributed by atoms with Crippen LogP contribution in [-0.2, 0) is 0 Å². The number of ether oxygens (including phenoxy) is 1. The predicted octanol–water partition coefficient (Wildman–Crippen LogP) is 2.71. The van der Waals surface area contributed by atoms with Crippen LogP contribution in [0.3, 0.4) is 0 Å². The molecule has 1 N–H and O–H groups in total. The first-order valence-corrected chi connectivity index (χ1v) is 5.20. The van der Waals surface area contributed by atoms with Crippen molar-refractivity contribution in [1.82, 2.24) is 10.3 Å². The van der Waals surface area contributed by atoms with Crippen molar-refractivity contribution < 1.29 is 4.74 Å². The number of aromatic nitrogens is 1. The maximum atomic E-state index is 5.81. The van der Waals surface area contributed by atoms with E-state index < -0.39 is 0 Å². The number of pyridine rings is 1. The molecule has 16 heavy (non-hydrogen) atoms. The lowest BCUT2D eigenvalue weighted by atomic mass is 10.1. The van der Waals surface area contributed by atoms with Crippen molar-refractivity contribution in [3.63, 3.8) is 0 Å². The molecule has 0 amide bonds. The van der Waals surface area contributed by atoms with Crippen LogP contribution >= 0.6 is 36.4 Å². The Morgan fingerprint density at radius 1 is 1.25 bits per heavy atom. The number of halogens is 3. The molecule has 0 bridgehead atoms. The fraction of sp³-hybridized carbons (Fsp3) is 0.500. The van der Waals surface area contributed by atoms with E-state index in [1.54, 1.807) is 18.5 Å². The molecule has 0 aliphatic carbocycles. The van der Waals surface area contributed by atoms with Gasteiger partial charge in [-0.1, -0.05) is 11.6 Å². The molecular weight excluding hydrogens is 270 g/mol. The third-order valence-electron chi connectivity index (χ3n) is 2.27. The fourth-order valence-electron chi connectivity index (χ4n) is 1.56. The van der Waals surface area contributed by atoms with Crippen LogP contribution in [0.1, 0.15) is 12.8 Å². The number of nitrogens with zero attached hydrogens (tertiary/aromatic N) is 1. The van der Waals surface area contributed by atoms with Crippen LogP contribution in [0.5, 0.6) is 5.75 Å². The molecule has 1 aromatic heterocycles. The van der Waals surface area contributed by atoms with Crippen molar-refractivity contribution in [1.29, 1.82) is 0 Å². The van der Waals surface area contributed by atoms with Gasteiger partial charge in [0.15, 0.2) is 0 Å². The summed E-state index contributed by atoms with van der Waals surface area (Å²) in [7, 11) is 0. The summed E-state index contributed by atoms with van der Waals surface area (Å²) in [5, 5.41) is 3.91. The standard InChI is InChI=1S/C10H13ClN2O.2ClH/c11-8-5-10(7-13-6-8)14-9-1-3-12-4-2-9;;/h5-7,9,12H,1-4H2;2*1H. The molecular formula is C10H15Cl3N2O. The third-order valence-corrected chi connectivity index (χ3v) is 2.48. The highest BCUT2D eigenvalue weighted by Gasteiger charge is 2.14. The topological polar surface area (TPSA) is 34.1 Å². The van der Waals surface area contributed by atoms with Crippen molar-refractivity contribution in [3.05, 3.63) is 23.5 Å². The third kappa shape index (κ3) is 4.74.